The molecule has 1 aliphatic rings. The molecule has 1 fully saturated rings. The molecule has 0 aromatic heterocycles. The molecule has 0 radical (unpaired) electrons. The van der Waals surface area contributed by atoms with Gasteiger partial charge < -0.3 is 14.2 Å². The fourth-order valence-electron chi connectivity index (χ4n) is 1.84. The Kier molecular flexibility index (Phi) is 3.28. The molecule has 6 heteroatoms. The maximum atomic E-state index is 7.76. The summed E-state index contributed by atoms with van der Waals surface area (Å²) in [4.78, 5) is 0. The maximum Gasteiger partial charge on any atom is 0.249 e. The van der Waals surface area contributed by atoms with Crippen molar-refractivity contribution < 1.29 is 14.2 Å². The second-order valence-corrected chi connectivity index (χ2v) is 4.29. The predicted octanol–water partition coefficient (Wildman–Crippen LogP) is 2.40. The van der Waals surface area contributed by atoms with E-state index >= 15 is 0 Å². The monoisotopic (exact) mass is 268 g/mol. The number of benzene rings is 1. The Bertz CT molecular complexity index is 471. The van der Waals surface area contributed by atoms with Gasteiger partial charge in [0.1, 0.15) is 6.10 Å². The largest absolute Gasteiger partial charge is 0.482 e. The van der Waals surface area contributed by atoms with E-state index in [1.54, 1.807) is 24.3 Å². The van der Waals surface area contributed by atoms with Gasteiger partial charge in [0.05, 0.1) is 14.2 Å². The van der Waals surface area contributed by atoms with Gasteiger partial charge >= 0.3 is 0 Å². The fourth-order valence-corrected chi connectivity index (χ4v) is 1.97. The van der Waals surface area contributed by atoms with Crippen LogP contribution in [-0.2, 0) is 14.2 Å². The first-order chi connectivity index (χ1) is 8.56. The minimum Gasteiger partial charge on any atom is -0.482 e. The van der Waals surface area contributed by atoms with Gasteiger partial charge in [0.2, 0.25) is 17.4 Å². The average Bonchev–Trinajstić information content (AvgIpc) is 3.14. The molecule has 5 nitrogen and oxygen atoms in total. The predicted molar refractivity (Wildman–Crippen MR) is 67.5 cm³/mol. The van der Waals surface area contributed by atoms with Crippen LogP contribution in [0.25, 0.3) is 0 Å². The number of hydrogen-bond acceptors (Lipinski definition) is 5. The number of ether oxygens (including phenoxy) is 3. The number of rotatable bonds is 3. The molecular formula is C12H13ClN2O3. The second-order valence-electron chi connectivity index (χ2n) is 3.85. The van der Waals surface area contributed by atoms with E-state index < -0.39 is 11.7 Å². The van der Waals surface area contributed by atoms with Gasteiger partial charge in [0.15, 0.2) is 0 Å². The molecule has 0 amide bonds. The van der Waals surface area contributed by atoms with Crippen LogP contribution in [0.1, 0.15) is 11.7 Å². The van der Waals surface area contributed by atoms with Crippen molar-refractivity contribution in [1.29, 1.82) is 10.8 Å². The quantitative estimate of drug-likeness (QED) is 0.502. The van der Waals surface area contributed by atoms with Crippen LogP contribution >= 0.6 is 11.6 Å². The molecule has 0 saturated carbocycles. The van der Waals surface area contributed by atoms with E-state index in [1.165, 1.54) is 14.2 Å². The van der Waals surface area contributed by atoms with Gasteiger partial charge in [0.25, 0.3) is 0 Å². The van der Waals surface area contributed by atoms with E-state index in [4.69, 9.17) is 36.6 Å². The number of epoxide rings is 1. The molecule has 1 heterocycles. The van der Waals surface area contributed by atoms with Crippen LogP contribution in [0.15, 0.2) is 24.3 Å². The zero-order valence-electron chi connectivity index (χ0n) is 9.99. The molecule has 0 bridgehead atoms. The minimum atomic E-state index is -1.24. The van der Waals surface area contributed by atoms with Crippen LogP contribution < -0.4 is 0 Å². The first kappa shape index (κ1) is 12.9. The van der Waals surface area contributed by atoms with Crippen LogP contribution in [0.4, 0.5) is 0 Å². The Labute approximate surface area is 110 Å². The van der Waals surface area contributed by atoms with Crippen LogP contribution in [-0.4, -0.2) is 31.6 Å². The van der Waals surface area contributed by atoms with Crippen molar-refractivity contribution in [2.45, 2.75) is 11.7 Å². The third-order valence-corrected chi connectivity index (χ3v) is 3.12. The van der Waals surface area contributed by atoms with Crippen molar-refractivity contribution in [1.82, 2.24) is 0 Å². The number of halogens is 1. The summed E-state index contributed by atoms with van der Waals surface area (Å²) in [6.07, 6.45) is -0.449. The van der Waals surface area contributed by atoms with E-state index in [0.717, 1.165) is 5.56 Å². The van der Waals surface area contributed by atoms with Crippen molar-refractivity contribution in [3.8, 4) is 0 Å². The molecule has 96 valence electrons. The van der Waals surface area contributed by atoms with Crippen molar-refractivity contribution in [3.63, 3.8) is 0 Å². The highest BCUT2D eigenvalue weighted by atomic mass is 35.5. The summed E-state index contributed by atoms with van der Waals surface area (Å²) in [7, 11) is 2.74. The zero-order chi connectivity index (χ0) is 13.3. The fraction of sp³-hybridized carbons (Fsp3) is 0.333. The lowest BCUT2D eigenvalue weighted by Crippen LogP contribution is -2.36. The standard InChI is InChI=1S/C12H13ClN2O3/c1-16-10(14)12(11(15)17-2)9(18-12)7-3-5-8(13)6-4-7/h3-6,9,14-15H,1-2H3/t9-,12?/m1/s1. The third-order valence-electron chi connectivity index (χ3n) is 2.87. The third kappa shape index (κ3) is 1.85. The van der Waals surface area contributed by atoms with Gasteiger partial charge in [-0.1, -0.05) is 23.7 Å². The molecule has 0 spiro atoms. The smallest absolute Gasteiger partial charge is 0.249 e. The summed E-state index contributed by atoms with van der Waals surface area (Å²) in [5, 5.41) is 16.1. The normalized spacial score (nSPS) is 25.4. The molecule has 1 aromatic rings. The molecule has 0 aliphatic carbocycles. The van der Waals surface area contributed by atoms with E-state index in [1.807, 2.05) is 0 Å². The first-order valence-electron chi connectivity index (χ1n) is 5.25. The van der Waals surface area contributed by atoms with E-state index in [9.17, 15) is 0 Å². The van der Waals surface area contributed by atoms with E-state index in [0.29, 0.717) is 5.02 Å². The number of methoxy groups -OCH3 is 2. The van der Waals surface area contributed by atoms with Crippen molar-refractivity contribution in [2.75, 3.05) is 14.2 Å². The van der Waals surface area contributed by atoms with Crippen LogP contribution in [0, 0.1) is 10.8 Å². The maximum absolute atomic E-state index is 7.76. The van der Waals surface area contributed by atoms with E-state index in [-0.39, 0.29) is 11.8 Å². The van der Waals surface area contributed by atoms with Crippen molar-refractivity contribution in [2.24, 2.45) is 0 Å². The van der Waals surface area contributed by atoms with Gasteiger partial charge in [-0.05, 0) is 17.7 Å². The highest BCUT2D eigenvalue weighted by molar-refractivity contribution is 6.30. The minimum absolute atomic E-state index is 0.144. The summed E-state index contributed by atoms with van der Waals surface area (Å²) in [6.45, 7) is 0. The van der Waals surface area contributed by atoms with Gasteiger partial charge in [0, 0.05) is 5.02 Å². The van der Waals surface area contributed by atoms with Crippen LogP contribution in [0.2, 0.25) is 5.02 Å². The van der Waals surface area contributed by atoms with Crippen molar-refractivity contribution >= 4 is 23.4 Å². The first-order valence-corrected chi connectivity index (χ1v) is 5.63. The lowest BCUT2D eigenvalue weighted by atomic mass is 9.99. The van der Waals surface area contributed by atoms with Gasteiger partial charge in [-0.25, -0.2) is 0 Å². The molecule has 0 unspecified atom stereocenters. The van der Waals surface area contributed by atoms with Crippen molar-refractivity contribution in [3.05, 3.63) is 34.9 Å². The Balaban J connectivity index is 2.30. The molecule has 1 atom stereocenters. The Morgan fingerprint density at radius 3 is 2.11 bits per heavy atom. The van der Waals surface area contributed by atoms with Crippen LogP contribution in [0.3, 0.4) is 0 Å². The summed E-state index contributed by atoms with van der Waals surface area (Å²) >= 11 is 5.81. The second kappa shape index (κ2) is 4.59. The molecule has 1 saturated heterocycles. The summed E-state index contributed by atoms with van der Waals surface area (Å²) in [5.41, 5.74) is -0.417. The zero-order valence-corrected chi connectivity index (χ0v) is 10.7. The highest BCUT2D eigenvalue weighted by Gasteiger charge is 2.67. The van der Waals surface area contributed by atoms with Gasteiger partial charge in [-0.2, -0.15) is 0 Å². The summed E-state index contributed by atoms with van der Waals surface area (Å²) < 4.78 is 15.3. The Morgan fingerprint density at radius 1 is 1.17 bits per heavy atom. The summed E-state index contributed by atoms with van der Waals surface area (Å²) in [6, 6.07) is 7.05. The molecule has 1 aliphatic heterocycles. The topological polar surface area (TPSA) is 78.7 Å². The molecule has 2 N–H and O–H groups in total. The lowest BCUT2D eigenvalue weighted by Gasteiger charge is -2.13. The van der Waals surface area contributed by atoms with Gasteiger partial charge in [-0.15, -0.1) is 0 Å². The molecule has 18 heavy (non-hydrogen) atoms. The van der Waals surface area contributed by atoms with Gasteiger partial charge in [-0.3, -0.25) is 10.8 Å². The average molecular weight is 269 g/mol. The highest BCUT2D eigenvalue weighted by Crippen LogP contribution is 2.51. The lowest BCUT2D eigenvalue weighted by molar-refractivity contribution is 0.288. The summed E-state index contributed by atoms with van der Waals surface area (Å²) in [5.74, 6) is -0.288. The Hall–Kier alpha value is -1.59. The number of nitrogens with one attached hydrogen (secondary N) is 2. The Morgan fingerprint density at radius 2 is 1.67 bits per heavy atom. The SMILES string of the molecule is COC(=N)C1(C(=N)OC)O[C@@H]1c1ccc(Cl)cc1. The molecule has 2 rings (SSSR count). The van der Waals surface area contributed by atoms with Crippen LogP contribution in [0.5, 0.6) is 0 Å². The van der Waals surface area contributed by atoms with E-state index in [2.05, 4.69) is 0 Å². The molecule has 1 aromatic carbocycles. The number of hydrogen-bond donors (Lipinski definition) is 2. The molecular weight excluding hydrogens is 256 g/mol.